The molecule has 2 aromatic carbocycles. The molecule has 2 rings (SSSR count). The largest absolute Gasteiger partial charge is 0.496 e. The molecule has 0 bridgehead atoms. The van der Waals surface area contributed by atoms with E-state index in [-0.39, 0.29) is 11.9 Å². The second-order valence-electron chi connectivity index (χ2n) is 4.57. The molecule has 0 aromatic heterocycles. The van der Waals surface area contributed by atoms with E-state index in [1.165, 1.54) is 7.11 Å². The van der Waals surface area contributed by atoms with Gasteiger partial charge in [-0.2, -0.15) is 0 Å². The average molecular weight is 270 g/mol. The Morgan fingerprint density at radius 2 is 1.90 bits per heavy atom. The van der Waals surface area contributed by atoms with Gasteiger partial charge < -0.3 is 15.8 Å². The van der Waals surface area contributed by atoms with E-state index in [9.17, 15) is 4.79 Å². The Hall–Kier alpha value is -2.49. The van der Waals surface area contributed by atoms with Crippen molar-refractivity contribution < 1.29 is 9.53 Å². The van der Waals surface area contributed by atoms with E-state index >= 15 is 0 Å². The lowest BCUT2D eigenvalue weighted by Gasteiger charge is -2.16. The zero-order valence-electron chi connectivity index (χ0n) is 11.6. The quantitative estimate of drug-likeness (QED) is 0.840. The summed E-state index contributed by atoms with van der Waals surface area (Å²) >= 11 is 0. The van der Waals surface area contributed by atoms with Gasteiger partial charge in [-0.15, -0.1) is 0 Å². The van der Waals surface area contributed by atoms with Crippen LogP contribution in [0.15, 0.2) is 48.5 Å². The van der Waals surface area contributed by atoms with Gasteiger partial charge in [-0.1, -0.05) is 30.3 Å². The van der Waals surface area contributed by atoms with Crippen LogP contribution in [0.5, 0.6) is 5.75 Å². The first-order chi connectivity index (χ1) is 9.61. The van der Waals surface area contributed by atoms with Crippen molar-refractivity contribution in [1.29, 1.82) is 0 Å². The maximum absolute atomic E-state index is 12.3. The van der Waals surface area contributed by atoms with Crippen molar-refractivity contribution >= 4 is 11.6 Å². The average Bonchev–Trinajstić information content (AvgIpc) is 2.47. The van der Waals surface area contributed by atoms with Gasteiger partial charge in [0, 0.05) is 11.8 Å². The fourth-order valence-electron chi connectivity index (χ4n) is 1.99. The van der Waals surface area contributed by atoms with Gasteiger partial charge in [-0.05, 0) is 24.6 Å². The van der Waals surface area contributed by atoms with Gasteiger partial charge in [0.15, 0.2) is 0 Å². The molecule has 1 amide bonds. The molecule has 104 valence electrons. The number of methoxy groups -OCH3 is 1. The van der Waals surface area contributed by atoms with E-state index in [0.29, 0.717) is 17.0 Å². The molecule has 0 unspecified atom stereocenters. The fourth-order valence-corrected chi connectivity index (χ4v) is 1.99. The van der Waals surface area contributed by atoms with Gasteiger partial charge in [0.25, 0.3) is 5.91 Å². The summed E-state index contributed by atoms with van der Waals surface area (Å²) < 4.78 is 5.19. The topological polar surface area (TPSA) is 64.3 Å². The third-order valence-electron chi connectivity index (χ3n) is 3.12. The molecule has 3 N–H and O–H groups in total. The van der Waals surface area contributed by atoms with Crippen LogP contribution in [0.1, 0.15) is 28.9 Å². The third kappa shape index (κ3) is 3.09. The standard InChI is InChI=1S/C16H18N2O2/c1-11(12-6-4-3-5-7-12)18-16(19)14-9-8-13(17)10-15(14)20-2/h3-11H,17H2,1-2H3,(H,18,19)/t11-/m0/s1. The van der Waals surface area contributed by atoms with Crippen molar-refractivity contribution in [2.45, 2.75) is 13.0 Å². The first kappa shape index (κ1) is 13.9. The van der Waals surface area contributed by atoms with Crippen molar-refractivity contribution in [2.75, 3.05) is 12.8 Å². The van der Waals surface area contributed by atoms with Gasteiger partial charge >= 0.3 is 0 Å². The lowest BCUT2D eigenvalue weighted by atomic mass is 10.1. The van der Waals surface area contributed by atoms with Crippen molar-refractivity contribution in [2.24, 2.45) is 0 Å². The zero-order chi connectivity index (χ0) is 14.5. The van der Waals surface area contributed by atoms with Gasteiger partial charge in [0.05, 0.1) is 18.7 Å². The number of carbonyl (C=O) groups excluding carboxylic acids is 1. The predicted molar refractivity (Wildman–Crippen MR) is 79.7 cm³/mol. The number of amides is 1. The number of rotatable bonds is 4. The second kappa shape index (κ2) is 6.10. The summed E-state index contributed by atoms with van der Waals surface area (Å²) in [6.45, 7) is 1.94. The minimum atomic E-state index is -0.182. The zero-order valence-corrected chi connectivity index (χ0v) is 11.6. The maximum atomic E-state index is 12.3. The lowest BCUT2D eigenvalue weighted by Crippen LogP contribution is -2.27. The van der Waals surface area contributed by atoms with Crippen molar-refractivity contribution in [1.82, 2.24) is 5.32 Å². The molecule has 0 spiro atoms. The fraction of sp³-hybridized carbons (Fsp3) is 0.188. The molecule has 0 saturated heterocycles. The van der Waals surface area contributed by atoms with Crippen molar-refractivity contribution in [3.63, 3.8) is 0 Å². The van der Waals surface area contributed by atoms with E-state index in [1.807, 2.05) is 37.3 Å². The number of carbonyl (C=O) groups is 1. The molecule has 0 heterocycles. The van der Waals surface area contributed by atoms with Gasteiger partial charge in [0.1, 0.15) is 5.75 Å². The van der Waals surface area contributed by atoms with Gasteiger partial charge in [-0.25, -0.2) is 0 Å². The Morgan fingerprint density at radius 3 is 2.55 bits per heavy atom. The molecule has 4 nitrogen and oxygen atoms in total. The van der Waals surface area contributed by atoms with Crippen LogP contribution < -0.4 is 15.8 Å². The lowest BCUT2D eigenvalue weighted by molar-refractivity contribution is 0.0937. The molecule has 0 aliphatic rings. The molecule has 20 heavy (non-hydrogen) atoms. The molecule has 2 aromatic rings. The monoisotopic (exact) mass is 270 g/mol. The molecule has 0 fully saturated rings. The van der Waals surface area contributed by atoms with Crippen molar-refractivity contribution in [3.05, 3.63) is 59.7 Å². The number of hydrogen-bond acceptors (Lipinski definition) is 3. The minimum absolute atomic E-state index is 0.0778. The third-order valence-corrected chi connectivity index (χ3v) is 3.12. The minimum Gasteiger partial charge on any atom is -0.496 e. The highest BCUT2D eigenvalue weighted by Crippen LogP contribution is 2.22. The molecule has 0 aliphatic heterocycles. The summed E-state index contributed by atoms with van der Waals surface area (Å²) in [6.07, 6.45) is 0. The molecular formula is C16H18N2O2. The summed E-state index contributed by atoms with van der Waals surface area (Å²) in [5.41, 5.74) is 7.78. The molecule has 0 aliphatic carbocycles. The summed E-state index contributed by atoms with van der Waals surface area (Å²) in [5, 5.41) is 2.95. The molecular weight excluding hydrogens is 252 g/mol. The smallest absolute Gasteiger partial charge is 0.255 e. The number of anilines is 1. The van der Waals surface area contributed by atoms with E-state index in [4.69, 9.17) is 10.5 Å². The first-order valence-electron chi connectivity index (χ1n) is 6.41. The Balaban J connectivity index is 2.16. The normalized spacial score (nSPS) is 11.7. The van der Waals surface area contributed by atoms with Crippen LogP contribution in [0.2, 0.25) is 0 Å². The SMILES string of the molecule is COc1cc(N)ccc1C(=O)N[C@@H](C)c1ccccc1. The van der Waals surface area contributed by atoms with Crippen LogP contribution in [0.4, 0.5) is 5.69 Å². The van der Waals surface area contributed by atoms with E-state index < -0.39 is 0 Å². The molecule has 4 heteroatoms. The van der Waals surface area contributed by atoms with Crippen LogP contribution in [0.3, 0.4) is 0 Å². The highest BCUT2D eigenvalue weighted by Gasteiger charge is 2.15. The van der Waals surface area contributed by atoms with Crippen LogP contribution in [-0.4, -0.2) is 13.0 Å². The van der Waals surface area contributed by atoms with Crippen molar-refractivity contribution in [3.8, 4) is 5.75 Å². The number of nitrogens with two attached hydrogens (primary N) is 1. The molecule has 0 saturated carbocycles. The van der Waals surface area contributed by atoms with Crippen LogP contribution in [-0.2, 0) is 0 Å². The van der Waals surface area contributed by atoms with E-state index in [1.54, 1.807) is 18.2 Å². The number of ether oxygens (including phenoxy) is 1. The predicted octanol–water partition coefficient (Wildman–Crippen LogP) is 2.77. The number of nitrogen functional groups attached to an aromatic ring is 1. The van der Waals surface area contributed by atoms with E-state index in [0.717, 1.165) is 5.56 Å². The Bertz CT molecular complexity index is 597. The van der Waals surface area contributed by atoms with Gasteiger partial charge in [-0.3, -0.25) is 4.79 Å². The van der Waals surface area contributed by atoms with Crippen LogP contribution >= 0.6 is 0 Å². The van der Waals surface area contributed by atoms with Gasteiger partial charge in [0.2, 0.25) is 0 Å². The summed E-state index contributed by atoms with van der Waals surface area (Å²) in [4.78, 5) is 12.3. The van der Waals surface area contributed by atoms with Crippen LogP contribution in [0, 0.1) is 0 Å². The first-order valence-corrected chi connectivity index (χ1v) is 6.41. The number of benzene rings is 2. The maximum Gasteiger partial charge on any atom is 0.255 e. The highest BCUT2D eigenvalue weighted by molar-refractivity contribution is 5.97. The second-order valence-corrected chi connectivity index (χ2v) is 4.57. The Morgan fingerprint density at radius 1 is 1.20 bits per heavy atom. The summed E-state index contributed by atoms with van der Waals surface area (Å²) in [5.74, 6) is 0.293. The van der Waals surface area contributed by atoms with Crippen LogP contribution in [0.25, 0.3) is 0 Å². The Labute approximate surface area is 118 Å². The number of hydrogen-bond donors (Lipinski definition) is 2. The summed E-state index contributed by atoms with van der Waals surface area (Å²) in [6, 6.07) is 14.7. The molecule has 0 radical (unpaired) electrons. The Kier molecular flexibility index (Phi) is 4.25. The molecule has 1 atom stereocenters. The highest BCUT2D eigenvalue weighted by atomic mass is 16.5. The summed E-state index contributed by atoms with van der Waals surface area (Å²) in [7, 11) is 1.52. The van der Waals surface area contributed by atoms with E-state index in [2.05, 4.69) is 5.32 Å². The number of nitrogens with one attached hydrogen (secondary N) is 1.